The molecular weight excluding hydrogens is 707 g/mol. The third-order valence-electron chi connectivity index (χ3n) is 8.98. The Kier molecular flexibility index (Phi) is 11.2. The molecular formula is C39H48IrNO2-. The third-order valence-corrected chi connectivity index (χ3v) is 8.98. The van der Waals surface area contributed by atoms with Crippen molar-refractivity contribution in [3.63, 3.8) is 0 Å². The number of hydrogen-bond donors (Lipinski definition) is 1. The van der Waals surface area contributed by atoms with E-state index < -0.39 is 0 Å². The Morgan fingerprint density at radius 3 is 2.21 bits per heavy atom. The molecule has 1 N–H and O–H groups in total. The molecule has 43 heavy (non-hydrogen) atoms. The molecule has 0 aliphatic heterocycles. The molecule has 0 saturated carbocycles. The van der Waals surface area contributed by atoms with Gasteiger partial charge in [0, 0.05) is 55.1 Å². The van der Waals surface area contributed by atoms with E-state index in [0.717, 1.165) is 36.6 Å². The van der Waals surface area contributed by atoms with Crippen LogP contribution in [0.15, 0.2) is 60.5 Å². The number of aromatic nitrogens is 1. The van der Waals surface area contributed by atoms with Crippen LogP contribution in [0, 0.1) is 17.9 Å². The molecule has 0 amide bonds. The fourth-order valence-electron chi connectivity index (χ4n) is 6.40. The van der Waals surface area contributed by atoms with Crippen LogP contribution in [0.4, 0.5) is 0 Å². The van der Waals surface area contributed by atoms with Crippen LogP contribution in [-0.4, -0.2) is 15.9 Å². The smallest absolute Gasteiger partial charge is 0.162 e. The van der Waals surface area contributed by atoms with Gasteiger partial charge in [-0.2, -0.15) is 0 Å². The minimum atomic E-state index is -0.0106. The van der Waals surface area contributed by atoms with Crippen LogP contribution in [0.2, 0.25) is 0 Å². The summed E-state index contributed by atoms with van der Waals surface area (Å²) in [7, 11) is 0. The van der Waals surface area contributed by atoms with Gasteiger partial charge in [0.15, 0.2) is 5.78 Å². The molecule has 3 nitrogen and oxygen atoms in total. The number of rotatable bonds is 7. The Morgan fingerprint density at radius 1 is 0.977 bits per heavy atom. The molecule has 0 atom stereocenters. The number of allylic oxidation sites excluding steroid dienone is 3. The summed E-state index contributed by atoms with van der Waals surface area (Å²) >= 11 is 0. The topological polar surface area (TPSA) is 50.2 Å². The van der Waals surface area contributed by atoms with E-state index >= 15 is 0 Å². The van der Waals surface area contributed by atoms with Gasteiger partial charge in [0.2, 0.25) is 0 Å². The molecule has 4 heteroatoms. The molecule has 5 rings (SSSR count). The van der Waals surface area contributed by atoms with E-state index in [4.69, 9.17) is 4.98 Å². The van der Waals surface area contributed by atoms with E-state index in [1.165, 1.54) is 44.3 Å². The van der Waals surface area contributed by atoms with Gasteiger partial charge < -0.3 is 5.11 Å². The average Bonchev–Trinajstić information content (AvgIpc) is 2.95. The first-order valence-corrected chi connectivity index (χ1v) is 15.7. The van der Waals surface area contributed by atoms with Gasteiger partial charge >= 0.3 is 0 Å². The quantitative estimate of drug-likeness (QED) is 0.0672. The Labute approximate surface area is 272 Å². The number of fused-ring (bicyclic) bond motifs is 3. The Hall–Kier alpha value is -2.81. The zero-order chi connectivity index (χ0) is 30.8. The first kappa shape index (κ1) is 34.7. The number of pyridine rings is 1. The molecule has 1 radical (unpaired) electrons. The number of hydrogen-bond acceptors (Lipinski definition) is 3. The van der Waals surface area contributed by atoms with Crippen LogP contribution in [0.1, 0.15) is 105 Å². The number of aliphatic hydroxyl groups is 1. The van der Waals surface area contributed by atoms with Crippen LogP contribution in [0.3, 0.4) is 0 Å². The molecule has 0 saturated heterocycles. The van der Waals surface area contributed by atoms with Crippen molar-refractivity contribution in [3.8, 4) is 0 Å². The van der Waals surface area contributed by atoms with Crippen molar-refractivity contribution < 1.29 is 30.0 Å². The molecule has 0 fully saturated rings. The van der Waals surface area contributed by atoms with Gasteiger partial charge in [-0.3, -0.25) is 9.78 Å². The zero-order valence-corrected chi connectivity index (χ0v) is 29.8. The van der Waals surface area contributed by atoms with Gasteiger partial charge in [0.25, 0.3) is 0 Å². The summed E-state index contributed by atoms with van der Waals surface area (Å²) in [5, 5.41) is 15.9. The molecule has 0 unspecified atom stereocenters. The summed E-state index contributed by atoms with van der Waals surface area (Å²) < 4.78 is 0. The largest absolute Gasteiger partial charge is 0.512 e. The number of ketones is 1. The second-order valence-corrected chi connectivity index (χ2v) is 13.3. The summed E-state index contributed by atoms with van der Waals surface area (Å²) in [6.07, 6.45) is 11.4. The fourth-order valence-corrected chi connectivity index (χ4v) is 6.40. The summed E-state index contributed by atoms with van der Waals surface area (Å²) in [6.45, 7) is 19.6. The standard InChI is InChI=1S/C26H24N.C13H24O2.Ir/c1-25(2,3)23-18-9-7-6-8-17(18)14-20-19(23)15-21-22-16(10-12-26(21,4)5)11-13-27-24(20)22;1-5-10(6-2)12(14)9-13(15)11(7-3)8-4;/h6-13,15H,1-5H3;9-11,14H,5-8H2,1-4H3;/q-1;;/b;12-9-;. The van der Waals surface area contributed by atoms with E-state index in [1.54, 1.807) is 0 Å². The second kappa shape index (κ2) is 13.9. The van der Waals surface area contributed by atoms with Gasteiger partial charge in [0.05, 0.1) is 5.76 Å². The van der Waals surface area contributed by atoms with E-state index in [2.05, 4.69) is 89.2 Å². The van der Waals surface area contributed by atoms with E-state index in [1.807, 2.05) is 33.9 Å². The predicted molar refractivity (Wildman–Crippen MR) is 180 cm³/mol. The molecule has 0 bridgehead atoms. The van der Waals surface area contributed by atoms with Crippen molar-refractivity contribution in [1.29, 1.82) is 0 Å². The molecule has 4 aromatic rings. The molecule has 1 aromatic heterocycles. The normalized spacial score (nSPS) is 14.3. The van der Waals surface area contributed by atoms with Crippen molar-refractivity contribution in [2.75, 3.05) is 0 Å². The molecule has 1 aliphatic carbocycles. The Balaban J connectivity index is 0.000000274. The van der Waals surface area contributed by atoms with Crippen molar-refractivity contribution in [1.82, 2.24) is 4.98 Å². The minimum absolute atomic E-state index is 0. The van der Waals surface area contributed by atoms with Crippen molar-refractivity contribution in [3.05, 3.63) is 83.3 Å². The molecule has 231 valence electrons. The van der Waals surface area contributed by atoms with Gasteiger partial charge in [0.1, 0.15) is 0 Å². The first-order valence-electron chi connectivity index (χ1n) is 15.7. The maximum absolute atomic E-state index is 11.7. The Bertz CT molecular complexity index is 1660. The molecule has 0 spiro atoms. The Morgan fingerprint density at radius 2 is 1.60 bits per heavy atom. The number of aliphatic hydroxyl groups excluding tert-OH is 1. The second-order valence-electron chi connectivity index (χ2n) is 13.3. The minimum Gasteiger partial charge on any atom is -0.512 e. The van der Waals surface area contributed by atoms with Crippen LogP contribution in [-0.2, 0) is 35.7 Å². The van der Waals surface area contributed by atoms with Crippen LogP contribution in [0.5, 0.6) is 0 Å². The fraction of sp³-hybridized carbons (Fsp3) is 0.436. The van der Waals surface area contributed by atoms with E-state index in [-0.39, 0.29) is 54.3 Å². The summed E-state index contributed by atoms with van der Waals surface area (Å²) in [5.41, 5.74) is 5.11. The summed E-state index contributed by atoms with van der Waals surface area (Å²) in [6, 6.07) is 16.9. The SMILES string of the molecule is CC(C)(C)c1c2ccccc2[c-]c2c1cc1c3c(ccnc32)C=CC1(C)C.CCC(CC)C(=O)/C=C(\O)C(CC)CC.[Ir]. The van der Waals surface area contributed by atoms with Crippen LogP contribution in [0.25, 0.3) is 38.5 Å². The maximum atomic E-state index is 11.7. The predicted octanol–water partition coefficient (Wildman–Crippen LogP) is 10.8. The number of carbonyl (C=O) groups excluding carboxylic acids is 1. The van der Waals surface area contributed by atoms with Crippen molar-refractivity contribution in [2.24, 2.45) is 11.8 Å². The van der Waals surface area contributed by atoms with E-state index in [0.29, 0.717) is 0 Å². The van der Waals surface area contributed by atoms with Crippen molar-refractivity contribution >= 4 is 44.3 Å². The van der Waals surface area contributed by atoms with Crippen LogP contribution < -0.4 is 0 Å². The third kappa shape index (κ3) is 6.97. The van der Waals surface area contributed by atoms with Crippen molar-refractivity contribution in [2.45, 2.75) is 98.8 Å². The number of nitrogens with zero attached hydrogens (tertiary/aromatic N) is 1. The monoisotopic (exact) mass is 755 g/mol. The number of carbonyl (C=O) groups is 1. The van der Waals surface area contributed by atoms with E-state index in [9.17, 15) is 9.90 Å². The van der Waals surface area contributed by atoms with Gasteiger partial charge in [-0.1, -0.05) is 120 Å². The zero-order valence-electron chi connectivity index (χ0n) is 27.4. The van der Waals surface area contributed by atoms with Gasteiger partial charge in [-0.05, 0) is 53.7 Å². The molecule has 1 heterocycles. The summed E-state index contributed by atoms with van der Waals surface area (Å²) in [4.78, 5) is 16.6. The summed E-state index contributed by atoms with van der Waals surface area (Å²) in [5.74, 6) is 0.547. The van der Waals surface area contributed by atoms with Gasteiger partial charge in [-0.15, -0.1) is 17.5 Å². The molecule has 3 aromatic carbocycles. The average molecular weight is 755 g/mol. The maximum Gasteiger partial charge on any atom is 0.162 e. The van der Waals surface area contributed by atoms with Crippen LogP contribution >= 0.6 is 0 Å². The van der Waals surface area contributed by atoms with Gasteiger partial charge in [-0.25, -0.2) is 0 Å². The first-order chi connectivity index (χ1) is 19.9. The number of benzene rings is 3. The molecule has 1 aliphatic rings.